The van der Waals surface area contributed by atoms with Gasteiger partial charge in [-0.15, -0.1) is 0 Å². The molecule has 0 radical (unpaired) electrons. The summed E-state index contributed by atoms with van der Waals surface area (Å²) in [5, 5.41) is 20.4. The minimum Gasteiger partial charge on any atom is -0.383 e. The third-order valence-electron chi connectivity index (χ3n) is 3.73. The first kappa shape index (κ1) is 17.5. The number of pyridine rings is 1. The molecule has 6 nitrogen and oxygen atoms in total. The number of anilines is 1. The molecule has 0 aliphatic heterocycles. The summed E-state index contributed by atoms with van der Waals surface area (Å²) in [5.41, 5.74) is 7.02. The Balaban J connectivity index is 2.25. The fourth-order valence-electron chi connectivity index (χ4n) is 2.53. The largest absolute Gasteiger partial charge is 0.383 e. The van der Waals surface area contributed by atoms with Gasteiger partial charge in [0.1, 0.15) is 23.3 Å². The summed E-state index contributed by atoms with van der Waals surface area (Å²) in [5.74, 6) is -0.611. The first-order valence-corrected chi connectivity index (χ1v) is 8.11. The highest BCUT2D eigenvalue weighted by Crippen LogP contribution is 2.34. The van der Waals surface area contributed by atoms with Gasteiger partial charge in [-0.3, -0.25) is 10.1 Å². The van der Waals surface area contributed by atoms with Crippen LogP contribution in [-0.2, 0) is 0 Å². The molecular weight excluding hydrogens is 403 g/mol. The Bertz CT molecular complexity index is 1080. The lowest BCUT2D eigenvalue weighted by atomic mass is 9.98. The maximum absolute atomic E-state index is 14.4. The van der Waals surface area contributed by atoms with Crippen LogP contribution in [-0.4, -0.2) is 9.91 Å². The van der Waals surface area contributed by atoms with E-state index in [-0.39, 0.29) is 28.2 Å². The molecule has 0 aliphatic carbocycles. The lowest BCUT2D eigenvalue weighted by Crippen LogP contribution is -2.01. The summed E-state index contributed by atoms with van der Waals surface area (Å²) in [4.78, 5) is 14.6. The van der Waals surface area contributed by atoms with Gasteiger partial charge < -0.3 is 5.73 Å². The number of nitro benzene ring substituents is 1. The van der Waals surface area contributed by atoms with E-state index >= 15 is 0 Å². The summed E-state index contributed by atoms with van der Waals surface area (Å²) in [7, 11) is 0. The Kier molecular flexibility index (Phi) is 4.65. The highest BCUT2D eigenvalue weighted by Gasteiger charge is 2.17. The van der Waals surface area contributed by atoms with Crippen LogP contribution >= 0.6 is 15.9 Å². The standard InChI is InChI=1S/C18H10BrFN4O2/c19-11-4-5-13(16(20)7-11)14-8-17(23-18(22)15(14)9-21)10-2-1-3-12(6-10)24(25)26/h1-8H,(H2,22,23). The van der Waals surface area contributed by atoms with Crippen molar-refractivity contribution >= 4 is 27.4 Å². The highest BCUT2D eigenvalue weighted by molar-refractivity contribution is 9.10. The van der Waals surface area contributed by atoms with Gasteiger partial charge in [0.05, 0.1) is 10.6 Å². The molecule has 1 aromatic heterocycles. The Hall–Kier alpha value is -3.31. The van der Waals surface area contributed by atoms with E-state index in [1.807, 2.05) is 6.07 Å². The molecule has 3 aromatic rings. The van der Waals surface area contributed by atoms with Crippen LogP contribution < -0.4 is 5.73 Å². The van der Waals surface area contributed by atoms with Gasteiger partial charge in [0.2, 0.25) is 0 Å². The van der Waals surface area contributed by atoms with Crippen molar-refractivity contribution in [1.82, 2.24) is 4.98 Å². The molecule has 3 rings (SSSR count). The van der Waals surface area contributed by atoms with Crippen LogP contribution in [0.4, 0.5) is 15.9 Å². The summed E-state index contributed by atoms with van der Waals surface area (Å²) in [6, 6.07) is 13.7. The maximum atomic E-state index is 14.4. The van der Waals surface area contributed by atoms with Crippen molar-refractivity contribution in [3.63, 3.8) is 0 Å². The van der Waals surface area contributed by atoms with Crippen LogP contribution in [0, 0.1) is 27.3 Å². The second-order valence-corrected chi connectivity index (χ2v) is 6.27. The number of halogens is 2. The van der Waals surface area contributed by atoms with Gasteiger partial charge in [0, 0.05) is 33.3 Å². The molecule has 128 valence electrons. The van der Waals surface area contributed by atoms with E-state index in [0.717, 1.165) is 0 Å². The Morgan fingerprint density at radius 2 is 1.96 bits per heavy atom. The lowest BCUT2D eigenvalue weighted by molar-refractivity contribution is -0.384. The zero-order chi connectivity index (χ0) is 18.8. The Morgan fingerprint density at radius 1 is 1.19 bits per heavy atom. The fraction of sp³-hybridized carbons (Fsp3) is 0. The van der Waals surface area contributed by atoms with Crippen LogP contribution in [0.1, 0.15) is 5.56 Å². The van der Waals surface area contributed by atoms with Crippen LogP contribution in [0.3, 0.4) is 0 Å². The number of nitriles is 1. The van der Waals surface area contributed by atoms with Crippen molar-refractivity contribution in [2.45, 2.75) is 0 Å². The molecule has 2 N–H and O–H groups in total. The van der Waals surface area contributed by atoms with Gasteiger partial charge in [0.15, 0.2) is 0 Å². The molecule has 26 heavy (non-hydrogen) atoms. The van der Waals surface area contributed by atoms with Gasteiger partial charge in [-0.25, -0.2) is 9.37 Å². The van der Waals surface area contributed by atoms with Crippen molar-refractivity contribution in [2.24, 2.45) is 0 Å². The molecule has 0 amide bonds. The third-order valence-corrected chi connectivity index (χ3v) is 4.23. The average molecular weight is 413 g/mol. The number of nitrogen functional groups attached to an aromatic ring is 1. The highest BCUT2D eigenvalue weighted by atomic mass is 79.9. The minimum absolute atomic E-state index is 0.0420. The van der Waals surface area contributed by atoms with Gasteiger partial charge in [0.25, 0.3) is 5.69 Å². The zero-order valence-corrected chi connectivity index (χ0v) is 14.7. The maximum Gasteiger partial charge on any atom is 0.270 e. The average Bonchev–Trinajstić information content (AvgIpc) is 2.61. The van der Waals surface area contributed by atoms with Crippen molar-refractivity contribution < 1.29 is 9.31 Å². The molecule has 0 atom stereocenters. The molecule has 0 unspecified atom stereocenters. The molecule has 0 spiro atoms. The van der Waals surface area contributed by atoms with Crippen molar-refractivity contribution in [3.05, 3.63) is 74.5 Å². The van der Waals surface area contributed by atoms with Gasteiger partial charge in [-0.1, -0.05) is 34.1 Å². The molecule has 0 aliphatic rings. The predicted molar refractivity (Wildman–Crippen MR) is 98.5 cm³/mol. The molecule has 2 aromatic carbocycles. The lowest BCUT2D eigenvalue weighted by Gasteiger charge is -2.11. The topological polar surface area (TPSA) is 106 Å². The normalized spacial score (nSPS) is 10.3. The summed E-state index contributed by atoms with van der Waals surface area (Å²) in [6.07, 6.45) is 0. The Labute approximate surface area is 156 Å². The van der Waals surface area contributed by atoms with Gasteiger partial charge in [-0.05, 0) is 18.2 Å². The third kappa shape index (κ3) is 3.25. The van der Waals surface area contributed by atoms with E-state index in [0.29, 0.717) is 15.7 Å². The summed E-state index contributed by atoms with van der Waals surface area (Å²) in [6.45, 7) is 0. The molecule has 0 saturated heterocycles. The minimum atomic E-state index is -0.536. The van der Waals surface area contributed by atoms with Crippen LogP contribution in [0.25, 0.3) is 22.4 Å². The van der Waals surface area contributed by atoms with Crippen molar-refractivity contribution in [3.8, 4) is 28.5 Å². The SMILES string of the molecule is N#Cc1c(-c2ccc(Br)cc2F)cc(-c2cccc([N+](=O)[O-])c2)nc1N. The molecule has 0 saturated carbocycles. The van der Waals surface area contributed by atoms with Gasteiger partial charge >= 0.3 is 0 Å². The number of nitrogens with two attached hydrogens (primary N) is 1. The van der Waals surface area contributed by atoms with E-state index in [2.05, 4.69) is 20.9 Å². The number of nitrogens with zero attached hydrogens (tertiary/aromatic N) is 3. The second kappa shape index (κ2) is 6.90. The van der Waals surface area contributed by atoms with E-state index < -0.39 is 10.7 Å². The predicted octanol–water partition coefficient (Wildman–Crippen LogP) is 4.68. The van der Waals surface area contributed by atoms with Crippen LogP contribution in [0.5, 0.6) is 0 Å². The van der Waals surface area contributed by atoms with E-state index in [1.54, 1.807) is 12.1 Å². The number of aromatic nitrogens is 1. The quantitative estimate of drug-likeness (QED) is 0.496. The molecule has 0 bridgehead atoms. The fourth-order valence-corrected chi connectivity index (χ4v) is 2.86. The van der Waals surface area contributed by atoms with Crippen LogP contribution in [0.2, 0.25) is 0 Å². The van der Waals surface area contributed by atoms with Crippen molar-refractivity contribution in [2.75, 3.05) is 5.73 Å². The van der Waals surface area contributed by atoms with Crippen LogP contribution in [0.15, 0.2) is 53.0 Å². The number of rotatable bonds is 3. The number of nitro groups is 1. The first-order valence-electron chi connectivity index (χ1n) is 7.31. The molecular formula is C18H10BrFN4O2. The van der Waals surface area contributed by atoms with E-state index in [4.69, 9.17) is 5.73 Å². The van der Waals surface area contributed by atoms with E-state index in [9.17, 15) is 19.8 Å². The Morgan fingerprint density at radius 3 is 2.62 bits per heavy atom. The first-order chi connectivity index (χ1) is 12.4. The molecule has 8 heteroatoms. The number of hydrogen-bond donors (Lipinski definition) is 1. The smallest absolute Gasteiger partial charge is 0.270 e. The number of hydrogen-bond acceptors (Lipinski definition) is 5. The van der Waals surface area contributed by atoms with E-state index in [1.165, 1.54) is 36.4 Å². The molecule has 1 heterocycles. The summed E-state index contributed by atoms with van der Waals surface area (Å²) < 4.78 is 15.0. The monoisotopic (exact) mass is 412 g/mol. The number of benzene rings is 2. The summed E-state index contributed by atoms with van der Waals surface area (Å²) >= 11 is 3.19. The zero-order valence-electron chi connectivity index (χ0n) is 13.1. The number of non-ortho nitro benzene ring substituents is 1. The van der Waals surface area contributed by atoms with Crippen molar-refractivity contribution in [1.29, 1.82) is 5.26 Å². The molecule has 0 fully saturated rings. The van der Waals surface area contributed by atoms with Gasteiger partial charge in [-0.2, -0.15) is 5.26 Å². The second-order valence-electron chi connectivity index (χ2n) is 5.36.